The molecule has 2 aliphatic rings. The van der Waals surface area contributed by atoms with E-state index in [2.05, 4.69) is 4.90 Å². The maximum absolute atomic E-state index is 14.1. The molecule has 2 aromatic carbocycles. The number of benzene rings is 2. The van der Waals surface area contributed by atoms with E-state index in [9.17, 15) is 22.4 Å². The van der Waals surface area contributed by atoms with Gasteiger partial charge < -0.3 is 9.64 Å². The number of halogens is 5. The van der Waals surface area contributed by atoms with Crippen LogP contribution in [0, 0.1) is 5.82 Å². The van der Waals surface area contributed by atoms with E-state index in [1.807, 2.05) is 35.0 Å². The number of likely N-dealkylation sites (N-methyl/N-ethyl adjacent to an activating group) is 1. The van der Waals surface area contributed by atoms with Gasteiger partial charge in [0.05, 0.1) is 18.8 Å². The molecular weight excluding hydrogens is 498 g/mol. The van der Waals surface area contributed by atoms with Crippen molar-refractivity contribution in [3.8, 4) is 0 Å². The third-order valence-corrected chi connectivity index (χ3v) is 7.24. The Morgan fingerprint density at radius 2 is 1.89 bits per heavy atom. The Morgan fingerprint density at radius 1 is 1.14 bits per heavy atom. The van der Waals surface area contributed by atoms with Gasteiger partial charge in [0.25, 0.3) is 0 Å². The predicted octanol–water partition coefficient (Wildman–Crippen LogP) is 4.65. The van der Waals surface area contributed by atoms with Gasteiger partial charge in [-0.25, -0.2) is 4.39 Å². The summed E-state index contributed by atoms with van der Waals surface area (Å²) < 4.78 is 58.4. The minimum Gasteiger partial charge on any atom is -0.379 e. The van der Waals surface area contributed by atoms with Crippen LogP contribution in [0.25, 0.3) is 0 Å². The molecule has 5 nitrogen and oxygen atoms in total. The van der Waals surface area contributed by atoms with Gasteiger partial charge in [-0.3, -0.25) is 14.6 Å². The fraction of sp³-hybridized carbons (Fsp3) is 0.500. The van der Waals surface area contributed by atoms with Crippen LogP contribution in [0.5, 0.6) is 0 Å². The van der Waals surface area contributed by atoms with E-state index < -0.39 is 17.6 Å². The van der Waals surface area contributed by atoms with E-state index in [1.165, 1.54) is 6.07 Å². The van der Waals surface area contributed by atoms with Gasteiger partial charge in [0.1, 0.15) is 5.82 Å². The van der Waals surface area contributed by atoms with Crippen molar-refractivity contribution in [2.75, 3.05) is 53.0 Å². The van der Waals surface area contributed by atoms with Crippen molar-refractivity contribution in [2.24, 2.45) is 0 Å². The quantitative estimate of drug-likeness (QED) is 0.491. The molecule has 0 bridgehead atoms. The number of nitrogens with zero attached hydrogens (tertiary/aromatic N) is 3. The van der Waals surface area contributed by atoms with Gasteiger partial charge in [-0.05, 0) is 42.4 Å². The lowest BCUT2D eigenvalue weighted by Gasteiger charge is -2.29. The van der Waals surface area contributed by atoms with Gasteiger partial charge in [0.15, 0.2) is 0 Å². The third kappa shape index (κ3) is 6.56. The number of amides is 1. The standard InChI is InChI=1S/C26H30ClF4N3O2/c1-32(15-18-5-6-22(23(28)13-18)26(29,30)31)24-17-34(16-21(24)19-3-2-4-20(27)14-19)25(35)7-8-33-9-11-36-12-10-33/h2-6,13-14,21,24H,7-12,15-17H2,1H3. The molecule has 2 saturated heterocycles. The number of hydrogen-bond donors (Lipinski definition) is 0. The summed E-state index contributed by atoms with van der Waals surface area (Å²) >= 11 is 6.24. The third-order valence-electron chi connectivity index (χ3n) is 7.00. The lowest BCUT2D eigenvalue weighted by molar-refractivity contribution is -0.140. The van der Waals surface area contributed by atoms with Crippen LogP contribution in [-0.2, 0) is 22.3 Å². The molecule has 2 unspecified atom stereocenters. The smallest absolute Gasteiger partial charge is 0.379 e. The van der Waals surface area contributed by atoms with Gasteiger partial charge >= 0.3 is 6.18 Å². The Bertz CT molecular complexity index is 1060. The number of hydrogen-bond acceptors (Lipinski definition) is 4. The van der Waals surface area contributed by atoms with Gasteiger partial charge in [-0.1, -0.05) is 29.8 Å². The molecule has 196 valence electrons. The average molecular weight is 528 g/mol. The minimum atomic E-state index is -4.74. The lowest BCUT2D eigenvalue weighted by atomic mass is 9.93. The maximum Gasteiger partial charge on any atom is 0.419 e. The first kappa shape index (κ1) is 26.9. The number of rotatable bonds is 7. The summed E-state index contributed by atoms with van der Waals surface area (Å²) in [5.41, 5.74) is 0.148. The predicted molar refractivity (Wildman–Crippen MR) is 129 cm³/mol. The molecule has 0 spiro atoms. The second-order valence-electron chi connectivity index (χ2n) is 9.46. The first-order valence-electron chi connectivity index (χ1n) is 12.0. The van der Waals surface area contributed by atoms with Crippen LogP contribution in [-0.4, -0.2) is 79.6 Å². The van der Waals surface area contributed by atoms with Crippen LogP contribution in [0.2, 0.25) is 5.02 Å². The summed E-state index contributed by atoms with van der Waals surface area (Å²) in [5.74, 6) is -1.27. The number of carbonyl (C=O) groups excluding carboxylic acids is 1. The molecule has 2 heterocycles. The Kier molecular flexibility index (Phi) is 8.55. The van der Waals surface area contributed by atoms with Crippen LogP contribution in [0.15, 0.2) is 42.5 Å². The molecule has 1 amide bonds. The van der Waals surface area contributed by atoms with Crippen molar-refractivity contribution >= 4 is 17.5 Å². The van der Waals surface area contributed by atoms with Crippen LogP contribution >= 0.6 is 11.6 Å². The number of alkyl halides is 3. The molecule has 2 fully saturated rings. The van der Waals surface area contributed by atoms with Crippen molar-refractivity contribution in [2.45, 2.75) is 31.1 Å². The zero-order valence-electron chi connectivity index (χ0n) is 20.1. The van der Waals surface area contributed by atoms with E-state index in [1.54, 1.807) is 6.07 Å². The molecule has 2 atom stereocenters. The maximum atomic E-state index is 14.1. The summed E-state index contributed by atoms with van der Waals surface area (Å²) in [6.45, 7) is 4.87. The summed E-state index contributed by atoms with van der Waals surface area (Å²) in [6, 6.07) is 10.4. The van der Waals surface area contributed by atoms with E-state index >= 15 is 0 Å². The molecule has 0 radical (unpaired) electrons. The Morgan fingerprint density at radius 3 is 2.56 bits per heavy atom. The van der Waals surface area contributed by atoms with E-state index in [0.717, 1.165) is 30.8 Å². The summed E-state index contributed by atoms with van der Waals surface area (Å²) in [4.78, 5) is 19.1. The zero-order chi connectivity index (χ0) is 25.9. The lowest BCUT2D eigenvalue weighted by Crippen LogP contribution is -2.40. The fourth-order valence-corrected chi connectivity index (χ4v) is 5.23. The van der Waals surface area contributed by atoms with Crippen molar-refractivity contribution in [1.29, 1.82) is 0 Å². The zero-order valence-corrected chi connectivity index (χ0v) is 20.9. The average Bonchev–Trinajstić information content (AvgIpc) is 3.28. The molecule has 0 N–H and O–H groups in total. The topological polar surface area (TPSA) is 36.0 Å². The van der Waals surface area contributed by atoms with Gasteiger partial charge in [-0.2, -0.15) is 13.2 Å². The Balaban J connectivity index is 1.48. The van der Waals surface area contributed by atoms with Crippen molar-refractivity contribution in [1.82, 2.24) is 14.7 Å². The number of likely N-dealkylation sites (tertiary alicyclic amines) is 1. The van der Waals surface area contributed by atoms with Crippen molar-refractivity contribution < 1.29 is 27.1 Å². The summed E-state index contributed by atoms with van der Waals surface area (Å²) in [7, 11) is 1.85. The largest absolute Gasteiger partial charge is 0.419 e. The summed E-state index contributed by atoms with van der Waals surface area (Å²) in [6.07, 6.45) is -4.33. The van der Waals surface area contributed by atoms with Crippen molar-refractivity contribution in [3.63, 3.8) is 0 Å². The summed E-state index contributed by atoms with van der Waals surface area (Å²) in [5, 5.41) is 0.593. The first-order chi connectivity index (χ1) is 17.1. The van der Waals surface area contributed by atoms with Gasteiger partial charge in [0, 0.05) is 62.7 Å². The van der Waals surface area contributed by atoms with Crippen LogP contribution in [0.3, 0.4) is 0 Å². The normalized spacial score (nSPS) is 21.4. The molecule has 0 aliphatic carbocycles. The number of ether oxygens (including phenoxy) is 1. The van der Waals surface area contributed by atoms with Crippen LogP contribution in [0.1, 0.15) is 29.0 Å². The monoisotopic (exact) mass is 527 g/mol. The molecule has 2 aromatic rings. The highest BCUT2D eigenvalue weighted by Crippen LogP contribution is 2.34. The van der Waals surface area contributed by atoms with Crippen LogP contribution < -0.4 is 0 Å². The molecule has 0 aromatic heterocycles. The number of morpholine rings is 1. The molecular formula is C26H30ClF4N3O2. The van der Waals surface area contributed by atoms with E-state index in [-0.39, 0.29) is 24.4 Å². The molecule has 2 aliphatic heterocycles. The highest BCUT2D eigenvalue weighted by molar-refractivity contribution is 6.30. The second-order valence-corrected chi connectivity index (χ2v) is 9.90. The second kappa shape index (κ2) is 11.5. The molecule has 36 heavy (non-hydrogen) atoms. The van der Waals surface area contributed by atoms with E-state index in [4.69, 9.17) is 16.3 Å². The highest BCUT2D eigenvalue weighted by Gasteiger charge is 2.39. The SMILES string of the molecule is CN(Cc1ccc(C(F)(F)F)c(F)c1)C1CN(C(=O)CCN2CCOCC2)CC1c1cccc(Cl)c1. The molecule has 0 saturated carbocycles. The Hall–Kier alpha value is -2.20. The van der Waals surface area contributed by atoms with Crippen LogP contribution in [0.4, 0.5) is 17.6 Å². The van der Waals surface area contributed by atoms with Crippen molar-refractivity contribution in [3.05, 3.63) is 70.0 Å². The minimum absolute atomic E-state index is 0.0414. The molecule has 4 rings (SSSR count). The Labute approximate surface area is 213 Å². The first-order valence-corrected chi connectivity index (χ1v) is 12.4. The van der Waals surface area contributed by atoms with Gasteiger partial charge in [0.2, 0.25) is 5.91 Å². The number of carbonyl (C=O) groups is 1. The fourth-order valence-electron chi connectivity index (χ4n) is 5.03. The van der Waals surface area contributed by atoms with Gasteiger partial charge in [-0.15, -0.1) is 0 Å². The van der Waals surface area contributed by atoms with E-state index in [0.29, 0.717) is 49.9 Å². The highest BCUT2D eigenvalue weighted by atomic mass is 35.5. The molecule has 10 heteroatoms.